The molecule has 0 aliphatic heterocycles. The lowest BCUT2D eigenvalue weighted by molar-refractivity contribution is -0.120. The standard InChI is InChI=1S/C17H22FN3OS.2ClH/c1-2-7-19-8-9-20-16(22)11-15-12-23-17(21-15)10-13-3-5-14(18)6-4-13;;/h3-6,12,19H,2,7-11H2,1H3,(H,20,22);2*1H. The van der Waals surface area contributed by atoms with Crippen LogP contribution < -0.4 is 10.6 Å². The third-order valence-corrected chi connectivity index (χ3v) is 4.16. The van der Waals surface area contributed by atoms with Crippen molar-refractivity contribution in [3.63, 3.8) is 0 Å². The minimum atomic E-state index is -0.237. The van der Waals surface area contributed by atoms with Gasteiger partial charge in [0.05, 0.1) is 17.1 Å². The number of aromatic nitrogens is 1. The van der Waals surface area contributed by atoms with Gasteiger partial charge >= 0.3 is 0 Å². The van der Waals surface area contributed by atoms with E-state index in [0.29, 0.717) is 19.4 Å². The number of nitrogens with zero attached hydrogens (tertiary/aromatic N) is 1. The topological polar surface area (TPSA) is 54.0 Å². The van der Waals surface area contributed by atoms with Crippen LogP contribution in [0.5, 0.6) is 0 Å². The lowest BCUT2D eigenvalue weighted by atomic mass is 10.1. The number of rotatable bonds is 9. The van der Waals surface area contributed by atoms with E-state index in [-0.39, 0.29) is 36.5 Å². The monoisotopic (exact) mass is 407 g/mol. The summed E-state index contributed by atoms with van der Waals surface area (Å²) in [6.07, 6.45) is 2.05. The molecule has 140 valence electrons. The second kappa shape index (κ2) is 13.1. The Morgan fingerprint density at radius 3 is 2.56 bits per heavy atom. The van der Waals surface area contributed by atoms with Crippen LogP contribution >= 0.6 is 36.2 Å². The minimum Gasteiger partial charge on any atom is -0.354 e. The molecular weight excluding hydrogens is 384 g/mol. The summed E-state index contributed by atoms with van der Waals surface area (Å²) >= 11 is 1.53. The Morgan fingerprint density at radius 2 is 1.88 bits per heavy atom. The summed E-state index contributed by atoms with van der Waals surface area (Å²) in [5.74, 6) is -0.249. The molecule has 0 aliphatic carbocycles. The predicted molar refractivity (Wildman–Crippen MR) is 106 cm³/mol. The van der Waals surface area contributed by atoms with Gasteiger partial charge in [-0.25, -0.2) is 9.37 Å². The largest absolute Gasteiger partial charge is 0.354 e. The smallest absolute Gasteiger partial charge is 0.226 e. The Hall–Kier alpha value is -1.21. The normalized spacial score (nSPS) is 9.84. The number of halogens is 3. The van der Waals surface area contributed by atoms with E-state index in [4.69, 9.17) is 0 Å². The number of hydrogen-bond donors (Lipinski definition) is 2. The zero-order valence-corrected chi connectivity index (χ0v) is 16.5. The molecule has 2 N–H and O–H groups in total. The molecule has 0 saturated heterocycles. The molecule has 0 aliphatic rings. The average molecular weight is 408 g/mol. The predicted octanol–water partition coefficient (Wildman–Crippen LogP) is 3.37. The van der Waals surface area contributed by atoms with E-state index in [1.54, 1.807) is 12.1 Å². The van der Waals surface area contributed by atoms with E-state index in [1.165, 1.54) is 23.5 Å². The zero-order chi connectivity index (χ0) is 16.5. The van der Waals surface area contributed by atoms with Crippen molar-refractivity contribution in [2.45, 2.75) is 26.2 Å². The molecule has 8 heteroatoms. The van der Waals surface area contributed by atoms with Crippen molar-refractivity contribution in [1.29, 1.82) is 0 Å². The number of benzene rings is 1. The second-order valence-corrected chi connectivity index (χ2v) is 6.26. The molecule has 2 rings (SSSR count). The molecule has 2 aromatic rings. The first-order chi connectivity index (χ1) is 11.2. The molecular formula is C17H24Cl2FN3OS. The summed E-state index contributed by atoms with van der Waals surface area (Å²) < 4.78 is 12.9. The van der Waals surface area contributed by atoms with Crippen LogP contribution in [0.3, 0.4) is 0 Å². The summed E-state index contributed by atoms with van der Waals surface area (Å²) in [6.45, 7) is 4.49. The van der Waals surface area contributed by atoms with Crippen LogP contribution in [-0.2, 0) is 17.6 Å². The molecule has 0 saturated carbocycles. The Kier molecular flexibility index (Phi) is 12.4. The fourth-order valence-corrected chi connectivity index (χ4v) is 2.94. The molecule has 0 radical (unpaired) electrons. The van der Waals surface area contributed by atoms with Crippen LogP contribution in [0.4, 0.5) is 4.39 Å². The van der Waals surface area contributed by atoms with Gasteiger partial charge in [-0.05, 0) is 30.7 Å². The lowest BCUT2D eigenvalue weighted by Gasteiger charge is -2.05. The van der Waals surface area contributed by atoms with Crippen molar-refractivity contribution >= 4 is 42.1 Å². The first kappa shape index (κ1) is 23.8. The van der Waals surface area contributed by atoms with Crippen LogP contribution in [0.15, 0.2) is 29.6 Å². The fraction of sp³-hybridized carbons (Fsp3) is 0.412. The first-order valence-electron chi connectivity index (χ1n) is 7.82. The van der Waals surface area contributed by atoms with Crippen LogP contribution in [0.2, 0.25) is 0 Å². The minimum absolute atomic E-state index is 0. The third kappa shape index (κ3) is 9.16. The van der Waals surface area contributed by atoms with Crippen molar-refractivity contribution in [1.82, 2.24) is 15.6 Å². The molecule has 1 aromatic carbocycles. The van der Waals surface area contributed by atoms with Crippen molar-refractivity contribution in [3.8, 4) is 0 Å². The van der Waals surface area contributed by atoms with Gasteiger partial charge in [0.15, 0.2) is 0 Å². The van der Waals surface area contributed by atoms with E-state index in [0.717, 1.165) is 35.8 Å². The lowest BCUT2D eigenvalue weighted by Crippen LogP contribution is -2.33. The number of nitrogens with one attached hydrogen (secondary N) is 2. The maximum Gasteiger partial charge on any atom is 0.226 e. The highest BCUT2D eigenvalue weighted by atomic mass is 35.5. The van der Waals surface area contributed by atoms with Crippen molar-refractivity contribution < 1.29 is 9.18 Å². The van der Waals surface area contributed by atoms with Crippen LogP contribution in [0.1, 0.15) is 29.6 Å². The SMILES string of the molecule is CCCNCCNC(=O)Cc1csc(Cc2ccc(F)cc2)n1.Cl.Cl. The highest BCUT2D eigenvalue weighted by Crippen LogP contribution is 2.15. The molecule has 0 fully saturated rings. The van der Waals surface area contributed by atoms with Crippen LogP contribution in [0, 0.1) is 5.82 Å². The van der Waals surface area contributed by atoms with Gasteiger partial charge in [-0.2, -0.15) is 0 Å². The van der Waals surface area contributed by atoms with Gasteiger partial charge in [0.2, 0.25) is 5.91 Å². The van der Waals surface area contributed by atoms with Crippen molar-refractivity contribution in [3.05, 3.63) is 51.7 Å². The maximum absolute atomic E-state index is 12.9. The van der Waals surface area contributed by atoms with E-state index in [1.807, 2.05) is 5.38 Å². The molecule has 25 heavy (non-hydrogen) atoms. The van der Waals surface area contributed by atoms with E-state index < -0.39 is 0 Å². The quantitative estimate of drug-likeness (QED) is 0.626. The summed E-state index contributed by atoms with van der Waals surface area (Å²) in [5, 5.41) is 8.96. The first-order valence-corrected chi connectivity index (χ1v) is 8.70. The average Bonchev–Trinajstić information content (AvgIpc) is 2.96. The number of carbonyl (C=O) groups excluding carboxylic acids is 1. The molecule has 1 heterocycles. The number of thiazole rings is 1. The number of amides is 1. The second-order valence-electron chi connectivity index (χ2n) is 5.31. The molecule has 0 unspecified atom stereocenters. The molecule has 0 bridgehead atoms. The highest BCUT2D eigenvalue weighted by Gasteiger charge is 2.08. The van der Waals surface area contributed by atoms with Gasteiger partial charge in [0, 0.05) is 24.9 Å². The summed E-state index contributed by atoms with van der Waals surface area (Å²) in [5.41, 5.74) is 1.80. The highest BCUT2D eigenvalue weighted by molar-refractivity contribution is 7.09. The molecule has 0 spiro atoms. The van der Waals surface area contributed by atoms with E-state index in [2.05, 4.69) is 22.5 Å². The fourth-order valence-electron chi connectivity index (χ4n) is 2.11. The van der Waals surface area contributed by atoms with Crippen LogP contribution in [0.25, 0.3) is 0 Å². The van der Waals surface area contributed by atoms with Crippen LogP contribution in [-0.4, -0.2) is 30.5 Å². The Morgan fingerprint density at radius 1 is 1.16 bits per heavy atom. The molecule has 1 amide bonds. The number of hydrogen-bond acceptors (Lipinski definition) is 4. The Balaban J connectivity index is 0.00000288. The molecule has 0 atom stereocenters. The maximum atomic E-state index is 12.9. The van der Waals surface area contributed by atoms with Crippen molar-refractivity contribution in [2.24, 2.45) is 0 Å². The van der Waals surface area contributed by atoms with E-state index in [9.17, 15) is 9.18 Å². The molecule has 1 aromatic heterocycles. The molecule has 4 nitrogen and oxygen atoms in total. The Labute approximate surface area is 164 Å². The summed E-state index contributed by atoms with van der Waals surface area (Å²) in [4.78, 5) is 16.3. The summed E-state index contributed by atoms with van der Waals surface area (Å²) in [6, 6.07) is 6.41. The van der Waals surface area contributed by atoms with E-state index >= 15 is 0 Å². The Bertz CT molecular complexity index is 623. The van der Waals surface area contributed by atoms with Gasteiger partial charge < -0.3 is 10.6 Å². The van der Waals surface area contributed by atoms with Crippen molar-refractivity contribution in [2.75, 3.05) is 19.6 Å². The van der Waals surface area contributed by atoms with Gasteiger partial charge in [-0.15, -0.1) is 36.2 Å². The number of carbonyl (C=O) groups is 1. The van der Waals surface area contributed by atoms with Gasteiger partial charge in [0.25, 0.3) is 0 Å². The van der Waals surface area contributed by atoms with Gasteiger partial charge in [-0.3, -0.25) is 4.79 Å². The van der Waals surface area contributed by atoms with Gasteiger partial charge in [0.1, 0.15) is 5.82 Å². The summed E-state index contributed by atoms with van der Waals surface area (Å²) in [7, 11) is 0. The van der Waals surface area contributed by atoms with Gasteiger partial charge in [-0.1, -0.05) is 19.1 Å². The third-order valence-electron chi connectivity index (χ3n) is 3.26. The zero-order valence-electron chi connectivity index (χ0n) is 14.1.